The minimum absolute atomic E-state index is 0.162. The van der Waals surface area contributed by atoms with Crippen molar-refractivity contribution in [3.8, 4) is 0 Å². The van der Waals surface area contributed by atoms with Gasteiger partial charge in [-0.15, -0.1) is 11.3 Å². The summed E-state index contributed by atoms with van der Waals surface area (Å²) in [6, 6.07) is 8.80. The van der Waals surface area contributed by atoms with Crippen LogP contribution in [0.15, 0.2) is 29.6 Å². The molecule has 0 spiro atoms. The largest absolute Gasteiger partial charge is 0.378 e. The second-order valence-electron chi connectivity index (χ2n) is 5.44. The Morgan fingerprint density at radius 2 is 2.21 bits per heavy atom. The van der Waals surface area contributed by atoms with E-state index in [0.29, 0.717) is 6.10 Å². The zero-order valence-electron chi connectivity index (χ0n) is 11.3. The highest BCUT2D eigenvalue weighted by Gasteiger charge is 2.31. The van der Waals surface area contributed by atoms with E-state index in [-0.39, 0.29) is 6.04 Å². The molecule has 3 rings (SSSR count). The molecule has 0 amide bonds. The zero-order chi connectivity index (χ0) is 13.2. The number of benzene rings is 1. The van der Waals surface area contributed by atoms with Crippen LogP contribution in [-0.2, 0) is 4.74 Å². The zero-order valence-corrected chi connectivity index (χ0v) is 12.2. The van der Waals surface area contributed by atoms with Gasteiger partial charge >= 0.3 is 0 Å². The van der Waals surface area contributed by atoms with Crippen LogP contribution in [0, 0.1) is 5.92 Å². The molecule has 2 N–H and O–H groups in total. The van der Waals surface area contributed by atoms with E-state index in [9.17, 15) is 0 Å². The van der Waals surface area contributed by atoms with Gasteiger partial charge in [0.15, 0.2) is 0 Å². The van der Waals surface area contributed by atoms with Crippen molar-refractivity contribution in [1.29, 1.82) is 0 Å². The molecule has 1 heterocycles. The average Bonchev–Trinajstić information content (AvgIpc) is 2.84. The highest BCUT2D eigenvalue weighted by molar-refractivity contribution is 7.17. The molecule has 2 aromatic rings. The Morgan fingerprint density at radius 3 is 3.00 bits per heavy atom. The Morgan fingerprint density at radius 1 is 1.37 bits per heavy atom. The second kappa shape index (κ2) is 5.61. The second-order valence-corrected chi connectivity index (χ2v) is 6.36. The maximum Gasteiger partial charge on any atom is 0.0580 e. The lowest BCUT2D eigenvalue weighted by atomic mass is 9.77. The van der Waals surface area contributed by atoms with Crippen LogP contribution in [0.5, 0.6) is 0 Å². The Kier molecular flexibility index (Phi) is 3.87. The van der Waals surface area contributed by atoms with Gasteiger partial charge in [0.2, 0.25) is 0 Å². The highest BCUT2D eigenvalue weighted by atomic mass is 32.1. The molecular weight excluding hydrogens is 254 g/mol. The molecule has 1 fully saturated rings. The number of hydrogen-bond donors (Lipinski definition) is 1. The molecule has 0 aliphatic heterocycles. The molecule has 19 heavy (non-hydrogen) atoms. The van der Waals surface area contributed by atoms with E-state index in [1.807, 2.05) is 0 Å². The summed E-state index contributed by atoms with van der Waals surface area (Å²) in [5.41, 5.74) is 7.73. The molecule has 0 radical (unpaired) electrons. The fourth-order valence-corrected chi connectivity index (χ4v) is 4.01. The summed E-state index contributed by atoms with van der Waals surface area (Å²) < 4.78 is 6.97. The molecule has 1 aromatic heterocycles. The summed E-state index contributed by atoms with van der Waals surface area (Å²) in [6.07, 6.45) is 3.93. The first-order valence-electron chi connectivity index (χ1n) is 7.11. The number of thiophene rings is 1. The minimum atomic E-state index is 0.162. The van der Waals surface area contributed by atoms with Crippen LogP contribution >= 0.6 is 11.3 Å². The Bertz CT molecular complexity index is 544. The number of hydrogen-bond acceptors (Lipinski definition) is 3. The van der Waals surface area contributed by atoms with Gasteiger partial charge in [0, 0.05) is 17.3 Å². The topological polar surface area (TPSA) is 35.2 Å². The molecule has 102 valence electrons. The van der Waals surface area contributed by atoms with Gasteiger partial charge in [-0.3, -0.25) is 0 Å². The van der Waals surface area contributed by atoms with Crippen LogP contribution in [0.3, 0.4) is 0 Å². The van der Waals surface area contributed by atoms with E-state index in [4.69, 9.17) is 10.5 Å². The maximum atomic E-state index is 6.42. The smallest absolute Gasteiger partial charge is 0.0580 e. The summed E-state index contributed by atoms with van der Waals surface area (Å²) in [5.74, 6) is 0.738. The average molecular weight is 275 g/mol. The molecule has 1 aromatic carbocycles. The molecule has 1 saturated carbocycles. The van der Waals surface area contributed by atoms with E-state index < -0.39 is 0 Å². The monoisotopic (exact) mass is 275 g/mol. The third kappa shape index (κ3) is 2.69. The fourth-order valence-electron chi connectivity index (χ4n) is 3.03. The molecule has 0 bridgehead atoms. The SMILES string of the molecule is CCOC1CC(CC(N)c2cccc3ccsc23)C1. The predicted molar refractivity (Wildman–Crippen MR) is 81.5 cm³/mol. The van der Waals surface area contributed by atoms with Crippen molar-refractivity contribution in [3.63, 3.8) is 0 Å². The quantitative estimate of drug-likeness (QED) is 0.891. The van der Waals surface area contributed by atoms with E-state index in [0.717, 1.165) is 18.9 Å². The van der Waals surface area contributed by atoms with Gasteiger partial charge in [0.25, 0.3) is 0 Å². The number of fused-ring (bicyclic) bond motifs is 1. The van der Waals surface area contributed by atoms with Crippen molar-refractivity contribution in [2.24, 2.45) is 11.7 Å². The highest BCUT2D eigenvalue weighted by Crippen LogP contribution is 2.38. The lowest BCUT2D eigenvalue weighted by Crippen LogP contribution is -2.33. The van der Waals surface area contributed by atoms with Gasteiger partial charge in [-0.1, -0.05) is 18.2 Å². The standard InChI is InChI=1S/C16H21NOS/c1-2-18-13-8-11(9-13)10-15(17)14-5-3-4-12-6-7-19-16(12)14/h3-7,11,13,15H,2,8-10,17H2,1H3. The Balaban J connectivity index is 1.65. The number of ether oxygens (including phenoxy) is 1. The summed E-state index contributed by atoms with van der Waals surface area (Å²) in [4.78, 5) is 0. The van der Waals surface area contributed by atoms with E-state index in [1.54, 1.807) is 11.3 Å². The lowest BCUT2D eigenvalue weighted by molar-refractivity contribution is -0.0281. The van der Waals surface area contributed by atoms with Crippen molar-refractivity contribution >= 4 is 21.4 Å². The summed E-state index contributed by atoms with van der Waals surface area (Å²) in [5, 5.41) is 3.47. The normalized spacial score (nSPS) is 24.3. The molecule has 1 aliphatic rings. The molecule has 0 saturated heterocycles. The summed E-state index contributed by atoms with van der Waals surface area (Å²) >= 11 is 1.80. The third-order valence-corrected chi connectivity index (χ3v) is 5.07. The predicted octanol–water partition coefficient (Wildman–Crippen LogP) is 4.11. The van der Waals surface area contributed by atoms with Gasteiger partial charge < -0.3 is 10.5 Å². The Labute approximate surface area is 118 Å². The molecule has 3 heteroatoms. The molecule has 1 aliphatic carbocycles. The molecule has 2 nitrogen and oxygen atoms in total. The van der Waals surface area contributed by atoms with E-state index >= 15 is 0 Å². The van der Waals surface area contributed by atoms with Gasteiger partial charge in [-0.05, 0) is 54.5 Å². The van der Waals surface area contributed by atoms with Gasteiger partial charge in [0.1, 0.15) is 0 Å². The molecular formula is C16H21NOS. The van der Waals surface area contributed by atoms with Crippen LogP contribution < -0.4 is 5.73 Å². The Hall–Kier alpha value is -0.900. The minimum Gasteiger partial charge on any atom is -0.378 e. The first-order chi connectivity index (χ1) is 9.28. The van der Waals surface area contributed by atoms with E-state index in [1.165, 1.54) is 28.5 Å². The van der Waals surface area contributed by atoms with Crippen molar-refractivity contribution in [2.45, 2.75) is 38.3 Å². The van der Waals surface area contributed by atoms with Crippen LogP contribution in [0.25, 0.3) is 10.1 Å². The number of rotatable bonds is 5. The third-order valence-electron chi connectivity index (χ3n) is 4.09. The maximum absolute atomic E-state index is 6.42. The van der Waals surface area contributed by atoms with Crippen LogP contribution in [0.4, 0.5) is 0 Å². The van der Waals surface area contributed by atoms with Crippen molar-refractivity contribution in [2.75, 3.05) is 6.61 Å². The van der Waals surface area contributed by atoms with Crippen LogP contribution in [0.2, 0.25) is 0 Å². The summed E-state index contributed by atoms with van der Waals surface area (Å²) in [7, 11) is 0. The summed E-state index contributed by atoms with van der Waals surface area (Å²) in [6.45, 7) is 2.90. The molecule has 1 atom stereocenters. The first-order valence-corrected chi connectivity index (χ1v) is 7.99. The first kappa shape index (κ1) is 13.1. The van der Waals surface area contributed by atoms with Crippen molar-refractivity contribution in [3.05, 3.63) is 35.2 Å². The van der Waals surface area contributed by atoms with Gasteiger partial charge in [0.05, 0.1) is 6.10 Å². The van der Waals surface area contributed by atoms with Crippen LogP contribution in [-0.4, -0.2) is 12.7 Å². The van der Waals surface area contributed by atoms with Gasteiger partial charge in [-0.2, -0.15) is 0 Å². The number of nitrogens with two attached hydrogens (primary N) is 1. The van der Waals surface area contributed by atoms with Gasteiger partial charge in [-0.25, -0.2) is 0 Å². The van der Waals surface area contributed by atoms with Crippen LogP contribution in [0.1, 0.15) is 37.8 Å². The van der Waals surface area contributed by atoms with E-state index in [2.05, 4.69) is 36.6 Å². The van der Waals surface area contributed by atoms with Crippen molar-refractivity contribution < 1.29 is 4.74 Å². The molecule has 1 unspecified atom stereocenters. The van der Waals surface area contributed by atoms with Crippen molar-refractivity contribution in [1.82, 2.24) is 0 Å². The lowest BCUT2D eigenvalue weighted by Gasteiger charge is -2.36. The fraction of sp³-hybridized carbons (Fsp3) is 0.500.